The van der Waals surface area contributed by atoms with Crippen LogP contribution in [0.4, 0.5) is 0 Å². The lowest BCUT2D eigenvalue weighted by Crippen LogP contribution is -2.34. The molecule has 10 nitrogen and oxygen atoms in total. The number of ether oxygens (including phenoxy) is 2. The fraction of sp³-hybridized carbons (Fsp3) is 0.911. The lowest BCUT2D eigenvalue weighted by molar-refractivity contribution is -0.154. The minimum Gasteiger partial charge on any atom is -0.480 e. The summed E-state index contributed by atoms with van der Waals surface area (Å²) in [5.74, 6) is -1.77. The largest absolute Gasteiger partial charge is 0.480 e. The van der Waals surface area contributed by atoms with E-state index in [0.29, 0.717) is 13.0 Å². The molecule has 0 bridgehead atoms. The highest BCUT2D eigenvalue weighted by atomic mass is 31.2. The Labute approximate surface area is 343 Å². The van der Waals surface area contributed by atoms with Gasteiger partial charge in [0.05, 0.1) is 19.8 Å². The molecule has 0 amide bonds. The first-order valence-electron chi connectivity index (χ1n) is 23.2. The number of unbranched alkanes of at least 4 members (excludes halogenated alkanes) is 29. The van der Waals surface area contributed by atoms with Crippen LogP contribution in [0.3, 0.4) is 0 Å². The number of allylic oxidation sites excluding steroid dienone is 2. The summed E-state index contributed by atoms with van der Waals surface area (Å²) in [4.78, 5) is 33.6. The van der Waals surface area contributed by atoms with Crippen LogP contribution in [0.2, 0.25) is 0 Å². The monoisotopic (exact) mass is 818 g/mol. The lowest BCUT2D eigenvalue weighted by atomic mass is 10.0. The van der Waals surface area contributed by atoms with Crippen molar-refractivity contribution >= 4 is 19.8 Å². The minimum absolute atomic E-state index is 0.0213. The number of phosphoric ester groups is 1. The van der Waals surface area contributed by atoms with Gasteiger partial charge in [0.15, 0.2) is 0 Å². The maximum atomic E-state index is 12.6. The van der Waals surface area contributed by atoms with Gasteiger partial charge in [0.25, 0.3) is 0 Å². The predicted molar refractivity (Wildman–Crippen MR) is 231 cm³/mol. The highest BCUT2D eigenvalue weighted by molar-refractivity contribution is 7.47. The Morgan fingerprint density at radius 2 is 0.929 bits per heavy atom. The number of hydrogen-bond acceptors (Lipinski definition) is 8. The molecule has 0 aliphatic carbocycles. The fourth-order valence-corrected chi connectivity index (χ4v) is 7.44. The molecule has 0 aromatic heterocycles. The Hall–Kier alpha value is -1.29. The first kappa shape index (κ1) is 54.7. The maximum absolute atomic E-state index is 12.6. The van der Waals surface area contributed by atoms with E-state index >= 15 is 0 Å². The zero-order chi connectivity index (χ0) is 41.2. The Balaban J connectivity index is 4.18. The first-order valence-corrected chi connectivity index (χ1v) is 24.7. The van der Waals surface area contributed by atoms with E-state index in [4.69, 9.17) is 29.4 Å². The Bertz CT molecular complexity index is 951. The number of rotatable bonds is 45. The molecule has 0 saturated carbocycles. The van der Waals surface area contributed by atoms with Crippen molar-refractivity contribution in [1.29, 1.82) is 0 Å². The summed E-state index contributed by atoms with van der Waals surface area (Å²) < 4.78 is 33.4. The van der Waals surface area contributed by atoms with E-state index in [2.05, 4.69) is 26.0 Å². The lowest BCUT2D eigenvalue weighted by Gasteiger charge is -2.20. The summed E-state index contributed by atoms with van der Waals surface area (Å²) in [6, 6.07) is -1.47. The minimum atomic E-state index is -4.61. The molecule has 0 aromatic rings. The Kier molecular flexibility index (Phi) is 40.9. The van der Waals surface area contributed by atoms with Gasteiger partial charge < -0.3 is 25.2 Å². The van der Waals surface area contributed by atoms with Crippen LogP contribution in [0, 0.1) is 0 Å². The van der Waals surface area contributed by atoms with Crippen LogP contribution >= 0.6 is 7.82 Å². The van der Waals surface area contributed by atoms with Crippen LogP contribution in [0.25, 0.3) is 0 Å². The van der Waals surface area contributed by atoms with Gasteiger partial charge in [0.2, 0.25) is 0 Å². The SMILES string of the molecule is CCCCCCCCC/C=C\CCCCCCCCCC(=O)OC(COCCCCCCCCCCCCCCCCCC)COP(=O)(O)OCC(N)C(=O)O. The first-order chi connectivity index (χ1) is 27.2. The van der Waals surface area contributed by atoms with Crippen LogP contribution in [0.5, 0.6) is 0 Å². The molecule has 0 fully saturated rings. The fourth-order valence-electron chi connectivity index (χ4n) is 6.66. The third kappa shape index (κ3) is 40.9. The molecule has 11 heteroatoms. The molecule has 0 saturated heterocycles. The van der Waals surface area contributed by atoms with Gasteiger partial charge in [-0.2, -0.15) is 0 Å². The summed E-state index contributed by atoms with van der Waals surface area (Å²) in [5, 5.41) is 8.90. The van der Waals surface area contributed by atoms with Gasteiger partial charge in [0, 0.05) is 13.0 Å². The molecule has 3 atom stereocenters. The molecule has 0 rings (SSSR count). The highest BCUT2D eigenvalue weighted by Crippen LogP contribution is 2.43. The number of aliphatic carboxylic acids is 1. The molecule has 4 N–H and O–H groups in total. The van der Waals surface area contributed by atoms with Crippen LogP contribution in [0.15, 0.2) is 12.2 Å². The van der Waals surface area contributed by atoms with Crippen LogP contribution in [-0.2, 0) is 32.7 Å². The van der Waals surface area contributed by atoms with Crippen molar-refractivity contribution in [2.45, 2.75) is 238 Å². The number of phosphoric acid groups is 1. The molecule has 0 spiro atoms. The molecular weight excluding hydrogens is 729 g/mol. The smallest absolute Gasteiger partial charge is 0.472 e. The summed E-state index contributed by atoms with van der Waals surface area (Å²) in [7, 11) is -4.61. The summed E-state index contributed by atoms with van der Waals surface area (Å²) in [5.41, 5.74) is 5.36. The second-order valence-corrected chi connectivity index (χ2v) is 17.3. The van der Waals surface area contributed by atoms with Crippen molar-refractivity contribution in [1.82, 2.24) is 0 Å². The molecule has 0 aromatic carbocycles. The van der Waals surface area contributed by atoms with Crippen LogP contribution < -0.4 is 5.73 Å². The number of carboxylic acid groups (broad SMARTS) is 1. The molecule has 56 heavy (non-hydrogen) atoms. The number of carbonyl (C=O) groups excluding carboxylic acids is 1. The van der Waals surface area contributed by atoms with Gasteiger partial charge in [-0.05, 0) is 38.5 Å². The van der Waals surface area contributed by atoms with Gasteiger partial charge in [-0.15, -0.1) is 0 Å². The van der Waals surface area contributed by atoms with E-state index in [1.807, 2.05) is 0 Å². The molecule has 0 aliphatic heterocycles. The van der Waals surface area contributed by atoms with Gasteiger partial charge in [-0.1, -0.05) is 193 Å². The standard InChI is InChI=1S/C45H88NO9P/c1-3-5-7-9-11-13-15-17-19-21-22-23-25-27-29-31-33-35-37-44(47)55-42(40-53-56(50,51)54-41-43(46)45(48)49)39-52-38-36-34-32-30-28-26-24-20-18-16-14-12-10-8-6-4-2/h19,21,42-43H,3-18,20,22-41,46H2,1-2H3,(H,48,49)(H,50,51)/b21-19-. The maximum Gasteiger partial charge on any atom is 0.472 e. The second kappa shape index (κ2) is 41.9. The van der Waals surface area contributed by atoms with E-state index in [9.17, 15) is 19.0 Å². The van der Waals surface area contributed by atoms with Crippen molar-refractivity contribution in [2.24, 2.45) is 5.73 Å². The summed E-state index contributed by atoms with van der Waals surface area (Å²) in [6.45, 7) is 3.92. The third-order valence-electron chi connectivity index (χ3n) is 10.3. The normalized spacial score (nSPS) is 13.9. The third-order valence-corrected chi connectivity index (χ3v) is 11.2. The van der Waals surface area contributed by atoms with Crippen LogP contribution in [-0.4, -0.2) is 60.5 Å². The molecule has 0 radical (unpaired) electrons. The average Bonchev–Trinajstić information content (AvgIpc) is 3.18. The van der Waals surface area contributed by atoms with Crippen molar-refractivity contribution < 1.29 is 42.7 Å². The Morgan fingerprint density at radius 1 is 0.554 bits per heavy atom. The van der Waals surface area contributed by atoms with Crippen LogP contribution in [0.1, 0.15) is 226 Å². The number of carbonyl (C=O) groups is 2. The number of nitrogens with two attached hydrogens (primary N) is 1. The molecular formula is C45H88NO9P. The average molecular weight is 818 g/mol. The number of carboxylic acids is 1. The van der Waals surface area contributed by atoms with Crippen molar-refractivity contribution in [2.75, 3.05) is 26.4 Å². The molecule has 332 valence electrons. The second-order valence-electron chi connectivity index (χ2n) is 15.9. The molecule has 0 heterocycles. The van der Waals surface area contributed by atoms with Crippen molar-refractivity contribution in [3.05, 3.63) is 12.2 Å². The zero-order valence-electron chi connectivity index (χ0n) is 36.2. The van der Waals surface area contributed by atoms with E-state index in [1.165, 1.54) is 154 Å². The predicted octanol–water partition coefficient (Wildman–Crippen LogP) is 12.9. The molecule has 3 unspecified atom stereocenters. The molecule has 0 aliphatic rings. The van der Waals surface area contributed by atoms with E-state index in [0.717, 1.165) is 44.9 Å². The Morgan fingerprint density at radius 3 is 1.36 bits per heavy atom. The van der Waals surface area contributed by atoms with E-state index < -0.39 is 45.1 Å². The highest BCUT2D eigenvalue weighted by Gasteiger charge is 2.27. The topological polar surface area (TPSA) is 155 Å². The number of esters is 1. The van der Waals surface area contributed by atoms with Gasteiger partial charge in [0.1, 0.15) is 12.1 Å². The summed E-state index contributed by atoms with van der Waals surface area (Å²) >= 11 is 0. The van der Waals surface area contributed by atoms with E-state index in [-0.39, 0.29) is 13.0 Å². The zero-order valence-corrected chi connectivity index (χ0v) is 37.1. The van der Waals surface area contributed by atoms with Gasteiger partial charge >= 0.3 is 19.8 Å². The summed E-state index contributed by atoms with van der Waals surface area (Å²) in [6.07, 6.45) is 44.0. The van der Waals surface area contributed by atoms with Gasteiger partial charge in [-0.25, -0.2) is 4.57 Å². The van der Waals surface area contributed by atoms with Crippen molar-refractivity contribution in [3.8, 4) is 0 Å². The quantitative estimate of drug-likeness (QED) is 0.0234. The van der Waals surface area contributed by atoms with Gasteiger partial charge in [-0.3, -0.25) is 18.6 Å². The van der Waals surface area contributed by atoms with Crippen molar-refractivity contribution in [3.63, 3.8) is 0 Å². The number of hydrogen-bond donors (Lipinski definition) is 3. The van der Waals surface area contributed by atoms with E-state index in [1.54, 1.807) is 0 Å².